The fraction of sp³-hybridized carbons (Fsp3) is 0.250. The lowest BCUT2D eigenvalue weighted by Gasteiger charge is -2.17. The molecule has 3 aromatic rings. The number of methoxy groups -OCH3 is 1. The topological polar surface area (TPSA) is 103 Å². The van der Waals surface area contributed by atoms with Gasteiger partial charge in [-0.3, -0.25) is 9.36 Å². The predicted molar refractivity (Wildman–Crippen MR) is 112 cm³/mol. The third kappa shape index (κ3) is 5.02. The second-order valence-corrected chi connectivity index (χ2v) is 7.57. The van der Waals surface area contributed by atoms with Crippen LogP contribution in [-0.4, -0.2) is 26.6 Å². The first kappa shape index (κ1) is 24.3. The van der Waals surface area contributed by atoms with Crippen LogP contribution in [0.4, 0.5) is 13.2 Å². The number of halogens is 5. The number of nitriles is 1. The SMILES string of the molecule is COc1nc(C)nc(Cl)c1Cn1cnc(C(C)(F)F)c(Oc2cc(Cl)cc(C#N)c2F)c1=O. The molecule has 0 aliphatic rings. The normalized spacial score (nSPS) is 11.2. The van der Waals surface area contributed by atoms with Crippen molar-refractivity contribution >= 4 is 23.2 Å². The average molecular weight is 500 g/mol. The van der Waals surface area contributed by atoms with Crippen LogP contribution in [-0.2, 0) is 12.5 Å². The van der Waals surface area contributed by atoms with Gasteiger partial charge >= 0.3 is 0 Å². The Bertz CT molecular complexity index is 1340. The number of aryl methyl sites for hydroxylation is 1. The molecule has 1 aromatic carbocycles. The van der Waals surface area contributed by atoms with Gasteiger partial charge in [0, 0.05) is 18.0 Å². The maximum Gasteiger partial charge on any atom is 0.297 e. The molecule has 0 fully saturated rings. The number of rotatable bonds is 6. The van der Waals surface area contributed by atoms with Crippen LogP contribution in [0.3, 0.4) is 0 Å². The second kappa shape index (κ2) is 9.25. The number of hydrogen-bond donors (Lipinski definition) is 0. The summed E-state index contributed by atoms with van der Waals surface area (Å²) >= 11 is 12.0. The molecule has 0 spiro atoms. The van der Waals surface area contributed by atoms with Crippen molar-refractivity contribution in [3.63, 3.8) is 0 Å². The maximum absolute atomic E-state index is 14.6. The molecule has 0 bridgehead atoms. The van der Waals surface area contributed by atoms with Gasteiger partial charge in [0.1, 0.15) is 17.0 Å². The summed E-state index contributed by atoms with van der Waals surface area (Å²) in [5.74, 6) is -6.09. The quantitative estimate of drug-likeness (QED) is 0.455. The molecular weight excluding hydrogens is 486 g/mol. The van der Waals surface area contributed by atoms with Crippen LogP contribution < -0.4 is 15.0 Å². The van der Waals surface area contributed by atoms with Crippen LogP contribution in [0.1, 0.15) is 29.6 Å². The first-order valence-corrected chi connectivity index (χ1v) is 9.83. The highest BCUT2D eigenvalue weighted by Crippen LogP contribution is 2.35. The molecule has 0 aliphatic heterocycles. The van der Waals surface area contributed by atoms with E-state index < -0.39 is 40.1 Å². The zero-order valence-corrected chi connectivity index (χ0v) is 18.8. The number of alkyl halides is 2. The van der Waals surface area contributed by atoms with E-state index in [9.17, 15) is 18.0 Å². The van der Waals surface area contributed by atoms with Gasteiger partial charge in [0.15, 0.2) is 17.3 Å². The summed E-state index contributed by atoms with van der Waals surface area (Å²) in [6.45, 7) is 1.75. The molecule has 13 heteroatoms. The third-order valence-electron chi connectivity index (χ3n) is 4.30. The molecule has 0 unspecified atom stereocenters. The highest BCUT2D eigenvalue weighted by molar-refractivity contribution is 6.31. The minimum atomic E-state index is -3.62. The van der Waals surface area contributed by atoms with Crippen LogP contribution in [0, 0.1) is 24.1 Å². The molecule has 2 aromatic heterocycles. The van der Waals surface area contributed by atoms with Gasteiger partial charge in [-0.25, -0.2) is 14.4 Å². The summed E-state index contributed by atoms with van der Waals surface area (Å²) in [7, 11) is 1.33. The van der Waals surface area contributed by atoms with Gasteiger partial charge in [0.25, 0.3) is 11.5 Å². The molecule has 0 saturated heterocycles. The Morgan fingerprint density at radius 3 is 2.58 bits per heavy atom. The van der Waals surface area contributed by atoms with E-state index in [4.69, 9.17) is 37.9 Å². The van der Waals surface area contributed by atoms with Gasteiger partial charge in [-0.15, -0.1) is 0 Å². The maximum atomic E-state index is 14.6. The lowest BCUT2D eigenvalue weighted by atomic mass is 10.2. The third-order valence-corrected chi connectivity index (χ3v) is 4.83. The molecule has 8 nitrogen and oxygen atoms in total. The second-order valence-electron chi connectivity index (χ2n) is 6.77. The fourth-order valence-corrected chi connectivity index (χ4v) is 3.30. The summed E-state index contributed by atoms with van der Waals surface area (Å²) in [6.07, 6.45) is 0.854. The van der Waals surface area contributed by atoms with Gasteiger partial charge in [-0.2, -0.15) is 19.0 Å². The van der Waals surface area contributed by atoms with Crippen molar-refractivity contribution in [2.45, 2.75) is 26.3 Å². The molecule has 33 heavy (non-hydrogen) atoms. The Morgan fingerprint density at radius 1 is 1.27 bits per heavy atom. The molecule has 0 atom stereocenters. The highest BCUT2D eigenvalue weighted by atomic mass is 35.5. The van der Waals surface area contributed by atoms with Crippen molar-refractivity contribution in [3.05, 3.63) is 67.5 Å². The number of aromatic nitrogens is 4. The van der Waals surface area contributed by atoms with Crippen LogP contribution in [0.2, 0.25) is 10.2 Å². The van der Waals surface area contributed by atoms with E-state index in [0.29, 0.717) is 12.7 Å². The van der Waals surface area contributed by atoms with Crippen molar-refractivity contribution in [2.75, 3.05) is 7.11 Å². The van der Waals surface area contributed by atoms with Crippen molar-refractivity contribution in [3.8, 4) is 23.4 Å². The molecule has 0 radical (unpaired) electrons. The summed E-state index contributed by atoms with van der Waals surface area (Å²) in [6, 6.07) is 3.52. The van der Waals surface area contributed by atoms with Gasteiger partial charge in [-0.05, 0) is 13.0 Å². The minimum Gasteiger partial charge on any atom is -0.481 e. The van der Waals surface area contributed by atoms with E-state index in [1.54, 1.807) is 13.0 Å². The van der Waals surface area contributed by atoms with Crippen molar-refractivity contribution in [1.29, 1.82) is 5.26 Å². The summed E-state index contributed by atoms with van der Waals surface area (Å²) in [5, 5.41) is 8.90. The number of ether oxygens (including phenoxy) is 2. The zero-order chi connectivity index (χ0) is 24.5. The molecule has 172 valence electrons. The van der Waals surface area contributed by atoms with Crippen molar-refractivity contribution in [1.82, 2.24) is 19.5 Å². The van der Waals surface area contributed by atoms with Gasteiger partial charge in [-0.1, -0.05) is 23.2 Å². The Balaban J connectivity index is 2.18. The molecule has 0 saturated carbocycles. The van der Waals surface area contributed by atoms with Crippen LogP contribution in [0.25, 0.3) is 0 Å². The Hall–Kier alpha value is -3.36. The number of nitrogens with zero attached hydrogens (tertiary/aromatic N) is 5. The Kier molecular flexibility index (Phi) is 6.81. The Labute approximate surface area is 195 Å². The smallest absolute Gasteiger partial charge is 0.297 e. The van der Waals surface area contributed by atoms with E-state index in [-0.39, 0.29) is 28.2 Å². The van der Waals surface area contributed by atoms with E-state index in [1.807, 2.05) is 0 Å². The van der Waals surface area contributed by atoms with E-state index in [2.05, 4.69) is 15.0 Å². The molecule has 0 N–H and O–H groups in total. The van der Waals surface area contributed by atoms with Crippen LogP contribution >= 0.6 is 23.2 Å². The van der Waals surface area contributed by atoms with Crippen LogP contribution in [0.5, 0.6) is 17.4 Å². The fourth-order valence-electron chi connectivity index (χ4n) is 2.83. The zero-order valence-electron chi connectivity index (χ0n) is 17.3. The van der Waals surface area contributed by atoms with Crippen molar-refractivity contribution < 1.29 is 22.6 Å². The highest BCUT2D eigenvalue weighted by Gasteiger charge is 2.34. The largest absolute Gasteiger partial charge is 0.481 e. The van der Waals surface area contributed by atoms with Crippen molar-refractivity contribution in [2.24, 2.45) is 0 Å². The summed E-state index contributed by atoms with van der Waals surface area (Å²) < 4.78 is 54.2. The molecule has 0 aliphatic carbocycles. The van der Waals surface area contributed by atoms with Crippen LogP contribution in [0.15, 0.2) is 23.3 Å². The van der Waals surface area contributed by atoms with E-state index in [1.165, 1.54) is 7.11 Å². The number of hydrogen-bond acceptors (Lipinski definition) is 7. The van der Waals surface area contributed by atoms with Gasteiger partial charge < -0.3 is 9.47 Å². The molecule has 2 heterocycles. The molecule has 0 amide bonds. The first-order chi connectivity index (χ1) is 15.5. The standard InChI is InChI=1S/C20H14Cl2F3N5O3/c1-9-28-17(22)12(18(29-9)32-3)7-30-8-27-16(20(2,24)25)15(19(30)31)33-13-5-11(21)4-10(6-26)14(13)23/h4-5,8H,7H2,1-3H3. The van der Waals surface area contributed by atoms with E-state index in [0.717, 1.165) is 23.0 Å². The first-order valence-electron chi connectivity index (χ1n) is 9.08. The monoisotopic (exact) mass is 499 g/mol. The van der Waals surface area contributed by atoms with Gasteiger partial charge in [0.2, 0.25) is 11.6 Å². The summed E-state index contributed by atoms with van der Waals surface area (Å²) in [4.78, 5) is 24.8. The van der Waals surface area contributed by atoms with E-state index >= 15 is 0 Å². The predicted octanol–water partition coefficient (Wildman–Crippen LogP) is 4.62. The summed E-state index contributed by atoms with van der Waals surface area (Å²) in [5.41, 5.74) is -2.45. The molecule has 3 rings (SSSR count). The minimum absolute atomic E-state index is 0.0295. The lowest BCUT2D eigenvalue weighted by Crippen LogP contribution is -2.27. The van der Waals surface area contributed by atoms with Gasteiger partial charge in [0.05, 0.1) is 31.1 Å². The number of benzene rings is 1. The average Bonchev–Trinajstić information content (AvgIpc) is 2.73. The Morgan fingerprint density at radius 2 is 1.97 bits per heavy atom. The lowest BCUT2D eigenvalue weighted by molar-refractivity contribution is 0.0100. The molecular formula is C20H14Cl2F3N5O3.